The monoisotopic (exact) mass is 459 g/mol. The second-order valence-corrected chi connectivity index (χ2v) is 8.57. The summed E-state index contributed by atoms with van der Waals surface area (Å²) in [7, 11) is 5.26. The van der Waals surface area contributed by atoms with Crippen molar-refractivity contribution in [3.8, 4) is 11.5 Å². The highest BCUT2D eigenvalue weighted by atomic mass is 35.5. The molecule has 6 nitrogen and oxygen atoms in total. The van der Waals surface area contributed by atoms with E-state index in [9.17, 15) is 4.79 Å². The summed E-state index contributed by atoms with van der Waals surface area (Å²) in [4.78, 5) is 12.1. The zero-order chi connectivity index (χ0) is 21.8. The van der Waals surface area contributed by atoms with Crippen LogP contribution in [0.15, 0.2) is 41.2 Å². The molecule has 1 fully saturated rings. The van der Waals surface area contributed by atoms with Crippen LogP contribution in [0.5, 0.6) is 11.5 Å². The number of fused-ring (bicyclic) bond motifs is 1. The molecule has 0 aliphatic heterocycles. The molecular formula is C25H34ClN3O3. The lowest BCUT2D eigenvalue weighted by Gasteiger charge is -2.17. The molecule has 1 heterocycles. The molecule has 0 atom stereocenters. The fourth-order valence-corrected chi connectivity index (χ4v) is 4.49. The molecule has 1 aromatic heterocycles. The van der Waals surface area contributed by atoms with Gasteiger partial charge in [-0.3, -0.25) is 9.13 Å². The van der Waals surface area contributed by atoms with E-state index in [-0.39, 0.29) is 18.1 Å². The van der Waals surface area contributed by atoms with E-state index in [1.165, 1.54) is 44.1 Å². The molecule has 0 amide bonds. The van der Waals surface area contributed by atoms with Crippen molar-refractivity contribution in [1.82, 2.24) is 14.5 Å². The van der Waals surface area contributed by atoms with Gasteiger partial charge in [-0.2, -0.15) is 0 Å². The van der Waals surface area contributed by atoms with Gasteiger partial charge in [0.05, 0.1) is 18.1 Å². The predicted octanol–water partition coefficient (Wildman–Crippen LogP) is 4.70. The van der Waals surface area contributed by atoms with Crippen LogP contribution in [0.2, 0.25) is 0 Å². The van der Waals surface area contributed by atoms with E-state index in [1.807, 2.05) is 24.3 Å². The molecule has 0 spiro atoms. The first-order chi connectivity index (χ1) is 15.1. The molecular weight excluding hydrogens is 426 g/mol. The third kappa shape index (κ3) is 5.30. The fourth-order valence-electron chi connectivity index (χ4n) is 4.49. The summed E-state index contributed by atoms with van der Waals surface area (Å²) < 4.78 is 15.0. The Kier molecular flexibility index (Phi) is 8.26. The molecule has 1 N–H and O–H groups in total. The van der Waals surface area contributed by atoms with Crippen molar-refractivity contribution in [2.24, 2.45) is 14.1 Å². The lowest BCUT2D eigenvalue weighted by Crippen LogP contribution is -2.27. The summed E-state index contributed by atoms with van der Waals surface area (Å²) in [5.41, 5.74) is 4.01. The molecule has 0 bridgehead atoms. The van der Waals surface area contributed by atoms with Gasteiger partial charge in [0.1, 0.15) is 6.61 Å². The molecule has 7 heteroatoms. The largest absolute Gasteiger partial charge is 0.493 e. The van der Waals surface area contributed by atoms with Crippen LogP contribution in [0.25, 0.3) is 11.0 Å². The maximum Gasteiger partial charge on any atom is 0.328 e. The number of hydrogen-bond donors (Lipinski definition) is 1. The van der Waals surface area contributed by atoms with E-state index >= 15 is 0 Å². The number of hydrogen-bond acceptors (Lipinski definition) is 4. The van der Waals surface area contributed by atoms with Crippen molar-refractivity contribution >= 4 is 23.4 Å². The van der Waals surface area contributed by atoms with Crippen LogP contribution in [-0.2, 0) is 27.2 Å². The standard InChI is InChI=1S/C25H33N3O3.ClH/c1-27-21-12-10-19(14-22(21)28(2)25(27)29)17-31-23-13-11-18(15-24(23)30-3)16-26-20-8-6-4-5-7-9-20;/h10-15,20,26H,4-9,16-17H2,1-3H3;1H. The van der Waals surface area contributed by atoms with Crippen molar-refractivity contribution < 1.29 is 9.47 Å². The summed E-state index contributed by atoms with van der Waals surface area (Å²) >= 11 is 0. The average Bonchev–Trinajstić information content (AvgIpc) is 2.99. The number of halogens is 1. The van der Waals surface area contributed by atoms with E-state index < -0.39 is 0 Å². The Morgan fingerprint density at radius 2 is 1.59 bits per heavy atom. The first kappa shape index (κ1) is 24.2. The minimum atomic E-state index is -0.0252. The first-order valence-electron chi connectivity index (χ1n) is 11.2. The number of aryl methyl sites for hydroxylation is 2. The Bertz CT molecular complexity index is 1100. The number of nitrogens with zero attached hydrogens (tertiary/aromatic N) is 2. The Labute approximate surface area is 195 Å². The van der Waals surface area contributed by atoms with Gasteiger partial charge in [-0.15, -0.1) is 12.4 Å². The molecule has 1 saturated carbocycles. The second-order valence-electron chi connectivity index (χ2n) is 8.57. The molecule has 0 unspecified atom stereocenters. The number of methoxy groups -OCH3 is 1. The number of ether oxygens (including phenoxy) is 2. The SMILES string of the molecule is COc1cc(CNC2CCCCCC2)ccc1OCc1ccc2c(c1)n(C)c(=O)n2C.Cl. The van der Waals surface area contributed by atoms with Crippen LogP contribution < -0.4 is 20.5 Å². The van der Waals surface area contributed by atoms with Crippen LogP contribution in [0.3, 0.4) is 0 Å². The highest BCUT2D eigenvalue weighted by Crippen LogP contribution is 2.29. The van der Waals surface area contributed by atoms with Gasteiger partial charge < -0.3 is 14.8 Å². The van der Waals surface area contributed by atoms with Gasteiger partial charge in [0.25, 0.3) is 0 Å². The highest BCUT2D eigenvalue weighted by Gasteiger charge is 2.13. The van der Waals surface area contributed by atoms with Crippen molar-refractivity contribution in [2.75, 3.05) is 7.11 Å². The van der Waals surface area contributed by atoms with Gasteiger partial charge >= 0.3 is 5.69 Å². The lowest BCUT2D eigenvalue weighted by atomic mass is 10.1. The first-order valence-corrected chi connectivity index (χ1v) is 11.2. The smallest absolute Gasteiger partial charge is 0.328 e. The van der Waals surface area contributed by atoms with Crippen molar-refractivity contribution in [3.63, 3.8) is 0 Å². The van der Waals surface area contributed by atoms with Crippen LogP contribution in [-0.4, -0.2) is 22.3 Å². The summed E-state index contributed by atoms with van der Waals surface area (Å²) in [6, 6.07) is 12.7. The number of rotatable bonds is 7. The summed E-state index contributed by atoms with van der Waals surface area (Å²) in [6.07, 6.45) is 7.94. The van der Waals surface area contributed by atoms with E-state index in [0.717, 1.165) is 34.6 Å². The Hall–Kier alpha value is -2.44. The fraction of sp³-hybridized carbons (Fsp3) is 0.480. The third-order valence-corrected chi connectivity index (χ3v) is 6.41. The molecule has 0 saturated heterocycles. The molecule has 32 heavy (non-hydrogen) atoms. The van der Waals surface area contributed by atoms with Gasteiger partial charge in [0, 0.05) is 26.7 Å². The molecule has 4 rings (SSSR count). The third-order valence-electron chi connectivity index (χ3n) is 6.41. The highest BCUT2D eigenvalue weighted by molar-refractivity contribution is 5.85. The lowest BCUT2D eigenvalue weighted by molar-refractivity contribution is 0.284. The molecule has 0 radical (unpaired) electrons. The topological polar surface area (TPSA) is 57.4 Å². The van der Waals surface area contributed by atoms with E-state index in [2.05, 4.69) is 17.4 Å². The minimum Gasteiger partial charge on any atom is -0.493 e. The van der Waals surface area contributed by atoms with Crippen molar-refractivity contribution in [2.45, 2.75) is 57.7 Å². The van der Waals surface area contributed by atoms with Crippen molar-refractivity contribution in [1.29, 1.82) is 0 Å². The average molecular weight is 460 g/mol. The second kappa shape index (κ2) is 10.9. The van der Waals surface area contributed by atoms with E-state index in [0.29, 0.717) is 12.6 Å². The minimum absolute atomic E-state index is 0. The molecule has 3 aromatic rings. The van der Waals surface area contributed by atoms with Gasteiger partial charge in [-0.1, -0.05) is 37.8 Å². The quantitative estimate of drug-likeness (QED) is 0.520. The van der Waals surface area contributed by atoms with Crippen molar-refractivity contribution in [3.05, 3.63) is 58.0 Å². The summed E-state index contributed by atoms with van der Waals surface area (Å²) in [6.45, 7) is 1.26. The van der Waals surface area contributed by atoms with Gasteiger partial charge in [0.15, 0.2) is 11.5 Å². The molecule has 1 aliphatic carbocycles. The van der Waals surface area contributed by atoms with Crippen LogP contribution in [0, 0.1) is 0 Å². The zero-order valence-electron chi connectivity index (χ0n) is 19.2. The van der Waals surface area contributed by atoms with E-state index in [1.54, 1.807) is 30.3 Å². The van der Waals surface area contributed by atoms with Crippen LogP contribution >= 0.6 is 12.4 Å². The van der Waals surface area contributed by atoms with Crippen LogP contribution in [0.1, 0.15) is 49.7 Å². The zero-order valence-corrected chi connectivity index (χ0v) is 20.0. The van der Waals surface area contributed by atoms with Gasteiger partial charge in [0.2, 0.25) is 0 Å². The Balaban J connectivity index is 0.00000289. The molecule has 1 aliphatic rings. The maximum absolute atomic E-state index is 12.1. The maximum atomic E-state index is 12.1. The van der Waals surface area contributed by atoms with Gasteiger partial charge in [-0.05, 0) is 48.2 Å². The number of aromatic nitrogens is 2. The van der Waals surface area contributed by atoms with Gasteiger partial charge in [-0.25, -0.2) is 4.79 Å². The Morgan fingerprint density at radius 3 is 2.31 bits per heavy atom. The molecule has 2 aromatic carbocycles. The summed E-state index contributed by atoms with van der Waals surface area (Å²) in [5.74, 6) is 1.47. The normalized spacial score (nSPS) is 14.7. The number of nitrogens with one attached hydrogen (secondary N) is 1. The Morgan fingerprint density at radius 1 is 0.906 bits per heavy atom. The van der Waals surface area contributed by atoms with E-state index in [4.69, 9.17) is 9.47 Å². The molecule has 174 valence electrons. The number of imidazole rings is 1. The predicted molar refractivity (Wildman–Crippen MR) is 131 cm³/mol. The number of benzene rings is 2. The summed E-state index contributed by atoms with van der Waals surface area (Å²) in [5, 5.41) is 3.71. The van der Waals surface area contributed by atoms with Crippen LogP contribution in [0.4, 0.5) is 0 Å².